The summed E-state index contributed by atoms with van der Waals surface area (Å²) in [6.45, 7) is 2.61. The Kier molecular flexibility index (Phi) is 5.50. The molecule has 132 valence electrons. The van der Waals surface area contributed by atoms with Crippen LogP contribution in [0.4, 0.5) is 5.69 Å². The van der Waals surface area contributed by atoms with Gasteiger partial charge in [0.15, 0.2) is 0 Å². The molecule has 3 rings (SSSR count). The van der Waals surface area contributed by atoms with E-state index in [2.05, 4.69) is 10.6 Å². The highest BCUT2D eigenvalue weighted by Crippen LogP contribution is 2.27. The van der Waals surface area contributed by atoms with E-state index >= 15 is 0 Å². The van der Waals surface area contributed by atoms with Crippen LogP contribution >= 0.6 is 0 Å². The van der Waals surface area contributed by atoms with Gasteiger partial charge < -0.3 is 15.4 Å². The Balaban J connectivity index is 1.61. The van der Waals surface area contributed by atoms with Crippen LogP contribution in [0, 0.1) is 5.92 Å². The average Bonchev–Trinajstić information content (AvgIpc) is 3.40. The Morgan fingerprint density at radius 1 is 1.25 bits per heavy atom. The first kappa shape index (κ1) is 17.3. The molecule has 0 radical (unpaired) electrons. The van der Waals surface area contributed by atoms with Crippen LogP contribution in [0.15, 0.2) is 29.2 Å². The predicted molar refractivity (Wildman–Crippen MR) is 90.2 cm³/mol. The van der Waals surface area contributed by atoms with Gasteiger partial charge in [0.2, 0.25) is 15.9 Å². The summed E-state index contributed by atoms with van der Waals surface area (Å²) in [5.41, 5.74) is 0.488. The summed E-state index contributed by atoms with van der Waals surface area (Å²) in [5, 5.41) is 5.85. The van der Waals surface area contributed by atoms with E-state index in [1.54, 1.807) is 18.2 Å². The molecule has 1 amide bonds. The quantitative estimate of drug-likeness (QED) is 0.751. The molecule has 2 aliphatic rings. The molecule has 8 heteroatoms. The van der Waals surface area contributed by atoms with Gasteiger partial charge in [0.05, 0.1) is 24.7 Å². The Hall–Kier alpha value is -1.48. The van der Waals surface area contributed by atoms with E-state index in [0.717, 1.165) is 6.54 Å². The second-order valence-corrected chi connectivity index (χ2v) is 8.10. The predicted octanol–water partition coefficient (Wildman–Crippen LogP) is 0.646. The molecule has 2 fully saturated rings. The summed E-state index contributed by atoms with van der Waals surface area (Å²) in [4.78, 5) is 12.1. The molecular weight excluding hydrogens is 330 g/mol. The molecule has 0 aromatic heterocycles. The maximum atomic E-state index is 12.6. The average molecular weight is 353 g/mol. The van der Waals surface area contributed by atoms with Gasteiger partial charge in [-0.05, 0) is 43.5 Å². The van der Waals surface area contributed by atoms with Gasteiger partial charge in [-0.2, -0.15) is 4.31 Å². The summed E-state index contributed by atoms with van der Waals surface area (Å²) in [6, 6.07) is 6.38. The fraction of sp³-hybridized carbons (Fsp3) is 0.562. The Bertz CT molecular complexity index is 682. The molecule has 7 nitrogen and oxygen atoms in total. The first-order valence-corrected chi connectivity index (χ1v) is 9.68. The fourth-order valence-electron chi connectivity index (χ4n) is 2.59. The van der Waals surface area contributed by atoms with Crippen molar-refractivity contribution in [2.24, 2.45) is 5.92 Å². The van der Waals surface area contributed by atoms with Crippen molar-refractivity contribution >= 4 is 21.6 Å². The normalized spacial score (nSPS) is 19.2. The molecule has 0 bridgehead atoms. The zero-order valence-electron chi connectivity index (χ0n) is 13.5. The van der Waals surface area contributed by atoms with Crippen LogP contribution in [-0.4, -0.2) is 58.0 Å². The lowest BCUT2D eigenvalue weighted by molar-refractivity contribution is -0.115. The second-order valence-electron chi connectivity index (χ2n) is 6.17. The number of hydrogen-bond donors (Lipinski definition) is 2. The molecule has 1 heterocycles. The maximum Gasteiger partial charge on any atom is 0.243 e. The number of carbonyl (C=O) groups excluding carboxylic acids is 1. The minimum atomic E-state index is -3.55. The molecular formula is C16H23N3O4S. The van der Waals surface area contributed by atoms with E-state index < -0.39 is 10.0 Å². The lowest BCUT2D eigenvalue weighted by Gasteiger charge is -2.26. The molecule has 1 aliphatic heterocycles. The highest BCUT2D eigenvalue weighted by Gasteiger charge is 2.26. The van der Waals surface area contributed by atoms with Crippen molar-refractivity contribution in [3.63, 3.8) is 0 Å². The minimum Gasteiger partial charge on any atom is -0.379 e. The first-order chi connectivity index (χ1) is 11.6. The number of benzene rings is 1. The van der Waals surface area contributed by atoms with Crippen molar-refractivity contribution in [3.05, 3.63) is 24.3 Å². The van der Waals surface area contributed by atoms with Crippen molar-refractivity contribution < 1.29 is 17.9 Å². The van der Waals surface area contributed by atoms with Gasteiger partial charge in [-0.3, -0.25) is 4.79 Å². The monoisotopic (exact) mass is 353 g/mol. The third kappa shape index (κ3) is 4.54. The lowest BCUT2D eigenvalue weighted by atomic mass is 10.3. The van der Waals surface area contributed by atoms with Crippen LogP contribution in [0.3, 0.4) is 0 Å². The Labute approximate surface area is 142 Å². The Morgan fingerprint density at radius 3 is 2.71 bits per heavy atom. The van der Waals surface area contributed by atoms with E-state index in [9.17, 15) is 13.2 Å². The van der Waals surface area contributed by atoms with Crippen LogP contribution in [-0.2, 0) is 19.6 Å². The zero-order valence-corrected chi connectivity index (χ0v) is 14.3. The molecule has 1 saturated carbocycles. The van der Waals surface area contributed by atoms with Crippen LogP contribution in [0.2, 0.25) is 0 Å². The van der Waals surface area contributed by atoms with Crippen molar-refractivity contribution in [3.8, 4) is 0 Å². The van der Waals surface area contributed by atoms with E-state index in [1.165, 1.54) is 23.2 Å². The number of anilines is 1. The second kappa shape index (κ2) is 7.60. The molecule has 1 aromatic carbocycles. The summed E-state index contributed by atoms with van der Waals surface area (Å²) in [5.74, 6) is 0.538. The number of ether oxygens (including phenoxy) is 1. The molecule has 1 aliphatic carbocycles. The van der Waals surface area contributed by atoms with Gasteiger partial charge in [0, 0.05) is 18.8 Å². The molecule has 1 aromatic rings. The number of rotatable bonds is 7. The zero-order chi connectivity index (χ0) is 17.0. The number of hydrogen-bond acceptors (Lipinski definition) is 5. The van der Waals surface area contributed by atoms with Crippen molar-refractivity contribution in [1.29, 1.82) is 0 Å². The van der Waals surface area contributed by atoms with Crippen LogP contribution in [0.5, 0.6) is 0 Å². The molecule has 0 atom stereocenters. The van der Waals surface area contributed by atoms with Gasteiger partial charge in [0.1, 0.15) is 0 Å². The van der Waals surface area contributed by atoms with Crippen LogP contribution < -0.4 is 10.6 Å². The van der Waals surface area contributed by atoms with Crippen molar-refractivity contribution in [2.45, 2.75) is 17.7 Å². The molecule has 1 saturated heterocycles. The number of nitrogens with one attached hydrogen (secondary N) is 2. The Morgan fingerprint density at radius 2 is 2.00 bits per heavy atom. The summed E-state index contributed by atoms with van der Waals surface area (Å²) >= 11 is 0. The number of amides is 1. The SMILES string of the molecule is O=C(CNCC1CC1)Nc1cccc(S(=O)(=O)N2CCOCC2)c1. The third-order valence-electron chi connectivity index (χ3n) is 4.14. The van der Waals surface area contributed by atoms with Crippen molar-refractivity contribution in [1.82, 2.24) is 9.62 Å². The number of morpholine rings is 1. The smallest absolute Gasteiger partial charge is 0.243 e. The number of sulfonamides is 1. The van der Waals surface area contributed by atoms with Gasteiger partial charge in [-0.25, -0.2) is 8.42 Å². The van der Waals surface area contributed by atoms with E-state index in [4.69, 9.17) is 4.74 Å². The highest BCUT2D eigenvalue weighted by atomic mass is 32.2. The van der Waals surface area contributed by atoms with Gasteiger partial charge in [0.25, 0.3) is 0 Å². The summed E-state index contributed by atoms with van der Waals surface area (Å²) in [6.07, 6.45) is 2.46. The van der Waals surface area contributed by atoms with Crippen LogP contribution in [0.25, 0.3) is 0 Å². The minimum absolute atomic E-state index is 0.170. The maximum absolute atomic E-state index is 12.6. The third-order valence-corrected chi connectivity index (χ3v) is 6.04. The topological polar surface area (TPSA) is 87.7 Å². The summed E-state index contributed by atoms with van der Waals surface area (Å²) < 4.78 is 31.9. The molecule has 24 heavy (non-hydrogen) atoms. The first-order valence-electron chi connectivity index (χ1n) is 8.24. The van der Waals surface area contributed by atoms with Gasteiger partial charge in [-0.15, -0.1) is 0 Å². The molecule has 0 unspecified atom stereocenters. The van der Waals surface area contributed by atoms with Crippen LogP contribution in [0.1, 0.15) is 12.8 Å². The van der Waals surface area contributed by atoms with Gasteiger partial charge in [-0.1, -0.05) is 6.07 Å². The highest BCUT2D eigenvalue weighted by molar-refractivity contribution is 7.89. The van der Waals surface area contributed by atoms with E-state index in [-0.39, 0.29) is 17.3 Å². The lowest BCUT2D eigenvalue weighted by Crippen LogP contribution is -2.40. The van der Waals surface area contributed by atoms with Gasteiger partial charge >= 0.3 is 0 Å². The fourth-order valence-corrected chi connectivity index (χ4v) is 4.04. The summed E-state index contributed by atoms with van der Waals surface area (Å²) in [7, 11) is -3.55. The molecule has 2 N–H and O–H groups in total. The van der Waals surface area contributed by atoms with E-state index in [0.29, 0.717) is 37.9 Å². The standard InChI is InChI=1S/C16H23N3O4S/c20-16(12-17-11-13-4-5-13)18-14-2-1-3-15(10-14)24(21,22)19-6-8-23-9-7-19/h1-3,10,13,17H,4-9,11-12H2,(H,18,20). The number of carbonyl (C=O) groups is 1. The van der Waals surface area contributed by atoms with E-state index in [1.807, 2.05) is 0 Å². The van der Waals surface area contributed by atoms with Crippen molar-refractivity contribution in [2.75, 3.05) is 44.7 Å². The number of nitrogens with zero attached hydrogens (tertiary/aromatic N) is 1. The largest absolute Gasteiger partial charge is 0.379 e. The molecule has 0 spiro atoms.